The molecule has 1 heterocycles. The molecule has 0 saturated carbocycles. The zero-order valence-electron chi connectivity index (χ0n) is 9.93. The molecule has 0 spiro atoms. The second kappa shape index (κ2) is 4.75. The van der Waals surface area contributed by atoms with Crippen molar-refractivity contribution in [3.63, 3.8) is 0 Å². The number of carbonyl (C=O) groups is 1. The molecule has 0 radical (unpaired) electrons. The molecular weight excluding hydrogens is 218 g/mol. The van der Waals surface area contributed by atoms with Crippen molar-refractivity contribution in [1.29, 1.82) is 0 Å². The third kappa shape index (κ3) is 2.58. The van der Waals surface area contributed by atoms with E-state index in [0.717, 1.165) is 13.0 Å². The Kier molecular flexibility index (Phi) is 3.33. The Bertz CT molecular complexity index is 393. The molecule has 0 amide bonds. The van der Waals surface area contributed by atoms with Crippen LogP contribution in [0.1, 0.15) is 12.8 Å². The van der Waals surface area contributed by atoms with Crippen molar-refractivity contribution in [1.82, 2.24) is 4.90 Å². The summed E-state index contributed by atoms with van der Waals surface area (Å²) in [4.78, 5) is 13.5. The van der Waals surface area contributed by atoms with E-state index in [2.05, 4.69) is 0 Å². The van der Waals surface area contributed by atoms with Gasteiger partial charge in [-0.2, -0.15) is 0 Å². The maximum atomic E-state index is 11.5. The van der Waals surface area contributed by atoms with Gasteiger partial charge in [-0.25, -0.2) is 4.79 Å². The molecule has 17 heavy (non-hydrogen) atoms. The minimum atomic E-state index is -1.10. The highest BCUT2D eigenvalue weighted by atomic mass is 16.5. The molecule has 1 aliphatic heterocycles. The molecule has 1 aliphatic rings. The second-order valence-electron chi connectivity index (χ2n) is 4.56. The lowest BCUT2D eigenvalue weighted by Crippen LogP contribution is -2.55. The van der Waals surface area contributed by atoms with Crippen molar-refractivity contribution in [2.75, 3.05) is 20.1 Å². The molecule has 0 bridgehead atoms. The van der Waals surface area contributed by atoms with Gasteiger partial charge < -0.3 is 14.7 Å². The van der Waals surface area contributed by atoms with Crippen molar-refractivity contribution >= 4 is 5.97 Å². The van der Waals surface area contributed by atoms with Crippen LogP contribution in [0.15, 0.2) is 30.3 Å². The van der Waals surface area contributed by atoms with E-state index in [0.29, 0.717) is 18.7 Å². The molecule has 1 unspecified atom stereocenters. The molecule has 1 fully saturated rings. The van der Waals surface area contributed by atoms with Gasteiger partial charge in [0.2, 0.25) is 5.60 Å². The van der Waals surface area contributed by atoms with E-state index in [1.54, 1.807) is 12.1 Å². The number of nitrogens with zero attached hydrogens (tertiary/aromatic N) is 1. The summed E-state index contributed by atoms with van der Waals surface area (Å²) < 4.78 is 5.73. The summed E-state index contributed by atoms with van der Waals surface area (Å²) in [5.41, 5.74) is -1.10. The number of para-hydroxylation sites is 1. The highest BCUT2D eigenvalue weighted by Crippen LogP contribution is 2.27. The number of carboxylic acid groups (broad SMARTS) is 1. The molecule has 4 heteroatoms. The Labute approximate surface area is 101 Å². The van der Waals surface area contributed by atoms with Crippen molar-refractivity contribution in [2.45, 2.75) is 18.4 Å². The van der Waals surface area contributed by atoms with Crippen LogP contribution in [0.5, 0.6) is 5.75 Å². The summed E-state index contributed by atoms with van der Waals surface area (Å²) in [7, 11) is 1.92. The summed E-state index contributed by atoms with van der Waals surface area (Å²) in [6.45, 7) is 1.35. The average molecular weight is 235 g/mol. The number of likely N-dealkylation sites (N-methyl/N-ethyl adjacent to an activating group) is 1. The first-order valence-electron chi connectivity index (χ1n) is 5.78. The van der Waals surface area contributed by atoms with E-state index in [1.807, 2.05) is 30.1 Å². The van der Waals surface area contributed by atoms with Crippen LogP contribution < -0.4 is 4.74 Å². The molecule has 92 valence electrons. The fraction of sp³-hybridized carbons (Fsp3) is 0.462. The number of hydrogen-bond donors (Lipinski definition) is 1. The molecule has 1 atom stereocenters. The van der Waals surface area contributed by atoms with Gasteiger partial charge in [0.25, 0.3) is 0 Å². The minimum absolute atomic E-state index is 0.428. The Balaban J connectivity index is 2.20. The van der Waals surface area contributed by atoms with Crippen LogP contribution >= 0.6 is 0 Å². The Hall–Kier alpha value is -1.55. The lowest BCUT2D eigenvalue weighted by molar-refractivity contribution is -0.160. The van der Waals surface area contributed by atoms with Crippen LogP contribution in [0, 0.1) is 0 Å². The second-order valence-corrected chi connectivity index (χ2v) is 4.56. The van der Waals surface area contributed by atoms with Crippen molar-refractivity contribution < 1.29 is 14.6 Å². The number of benzene rings is 1. The molecule has 1 aromatic rings. The Morgan fingerprint density at radius 1 is 1.41 bits per heavy atom. The molecule has 4 nitrogen and oxygen atoms in total. The molecule has 1 N–H and O–H groups in total. The highest BCUT2D eigenvalue weighted by Gasteiger charge is 2.44. The molecular formula is C13H17NO3. The number of aliphatic carboxylic acids is 1. The molecule has 1 aromatic carbocycles. The number of carboxylic acids is 1. The predicted octanol–water partition coefficient (Wildman–Crippen LogP) is 1.61. The predicted molar refractivity (Wildman–Crippen MR) is 64.2 cm³/mol. The average Bonchev–Trinajstić information content (AvgIpc) is 2.30. The zero-order chi connectivity index (χ0) is 12.3. The first kappa shape index (κ1) is 11.9. The lowest BCUT2D eigenvalue weighted by Gasteiger charge is -2.38. The number of ether oxygens (including phenoxy) is 1. The van der Waals surface area contributed by atoms with E-state index in [1.165, 1.54) is 0 Å². The van der Waals surface area contributed by atoms with Gasteiger partial charge in [-0.15, -0.1) is 0 Å². The fourth-order valence-corrected chi connectivity index (χ4v) is 2.24. The summed E-state index contributed by atoms with van der Waals surface area (Å²) >= 11 is 0. The number of hydrogen-bond acceptors (Lipinski definition) is 3. The van der Waals surface area contributed by atoms with Crippen LogP contribution in [0.4, 0.5) is 0 Å². The van der Waals surface area contributed by atoms with Gasteiger partial charge in [0, 0.05) is 13.0 Å². The molecule has 2 rings (SSSR count). The third-order valence-electron chi connectivity index (χ3n) is 3.09. The van der Waals surface area contributed by atoms with Crippen molar-refractivity contribution in [3.8, 4) is 5.75 Å². The maximum absolute atomic E-state index is 11.5. The fourth-order valence-electron chi connectivity index (χ4n) is 2.24. The van der Waals surface area contributed by atoms with Crippen LogP contribution in [0.2, 0.25) is 0 Å². The smallest absolute Gasteiger partial charge is 0.349 e. The van der Waals surface area contributed by atoms with Crippen LogP contribution in [0.25, 0.3) is 0 Å². The summed E-state index contributed by atoms with van der Waals surface area (Å²) in [5.74, 6) is -0.266. The number of likely N-dealkylation sites (tertiary alicyclic amines) is 1. The van der Waals surface area contributed by atoms with Gasteiger partial charge in [0.05, 0.1) is 0 Å². The Morgan fingerprint density at radius 3 is 2.71 bits per heavy atom. The first-order valence-corrected chi connectivity index (χ1v) is 5.78. The van der Waals surface area contributed by atoms with Crippen molar-refractivity contribution in [3.05, 3.63) is 30.3 Å². The van der Waals surface area contributed by atoms with Gasteiger partial charge in [-0.05, 0) is 32.1 Å². The minimum Gasteiger partial charge on any atom is -0.478 e. The standard InChI is InChI=1S/C13H17NO3/c1-14-9-5-8-13(10-14,12(15)16)17-11-6-3-2-4-7-11/h2-4,6-7H,5,8-10H2,1H3,(H,15,16). The summed E-state index contributed by atoms with van der Waals surface area (Å²) in [6.07, 6.45) is 1.40. The highest BCUT2D eigenvalue weighted by molar-refractivity contribution is 5.78. The van der Waals surface area contributed by atoms with E-state index < -0.39 is 11.6 Å². The number of rotatable bonds is 3. The molecule has 1 saturated heterocycles. The Morgan fingerprint density at radius 2 is 2.12 bits per heavy atom. The third-order valence-corrected chi connectivity index (χ3v) is 3.09. The van der Waals surface area contributed by atoms with Gasteiger partial charge in [-0.3, -0.25) is 0 Å². The molecule has 0 aliphatic carbocycles. The topological polar surface area (TPSA) is 49.8 Å². The quantitative estimate of drug-likeness (QED) is 0.864. The van der Waals surface area contributed by atoms with Crippen LogP contribution in [-0.4, -0.2) is 41.7 Å². The monoisotopic (exact) mass is 235 g/mol. The SMILES string of the molecule is CN1CCCC(Oc2ccccc2)(C(=O)O)C1. The molecule has 0 aromatic heterocycles. The van der Waals surface area contributed by atoms with Gasteiger partial charge in [0.1, 0.15) is 5.75 Å². The first-order chi connectivity index (χ1) is 8.12. The van der Waals surface area contributed by atoms with E-state index in [9.17, 15) is 9.90 Å². The zero-order valence-corrected chi connectivity index (χ0v) is 9.93. The number of piperidine rings is 1. The summed E-state index contributed by atoms with van der Waals surface area (Å²) in [6, 6.07) is 9.15. The van der Waals surface area contributed by atoms with E-state index in [4.69, 9.17) is 4.74 Å². The normalized spacial score (nSPS) is 25.5. The van der Waals surface area contributed by atoms with Crippen LogP contribution in [-0.2, 0) is 4.79 Å². The van der Waals surface area contributed by atoms with E-state index >= 15 is 0 Å². The largest absolute Gasteiger partial charge is 0.478 e. The van der Waals surface area contributed by atoms with Crippen molar-refractivity contribution in [2.24, 2.45) is 0 Å². The summed E-state index contributed by atoms with van der Waals surface area (Å²) in [5, 5.41) is 9.42. The van der Waals surface area contributed by atoms with Gasteiger partial charge >= 0.3 is 5.97 Å². The van der Waals surface area contributed by atoms with Gasteiger partial charge in [0.15, 0.2) is 0 Å². The van der Waals surface area contributed by atoms with E-state index in [-0.39, 0.29) is 0 Å². The maximum Gasteiger partial charge on any atom is 0.349 e. The van der Waals surface area contributed by atoms with Gasteiger partial charge in [-0.1, -0.05) is 18.2 Å². The van der Waals surface area contributed by atoms with Crippen LogP contribution in [0.3, 0.4) is 0 Å². The lowest BCUT2D eigenvalue weighted by atomic mass is 9.93.